The average molecular weight is 267 g/mol. The van der Waals surface area contributed by atoms with Crippen LogP contribution in [-0.4, -0.2) is 24.1 Å². The summed E-state index contributed by atoms with van der Waals surface area (Å²) < 4.78 is 13.0. The van der Waals surface area contributed by atoms with E-state index < -0.39 is 0 Å². The fourth-order valence-corrected chi connectivity index (χ4v) is 2.22. The summed E-state index contributed by atoms with van der Waals surface area (Å²) in [5, 5.41) is 0.985. The number of halogens is 1. The van der Waals surface area contributed by atoms with Gasteiger partial charge in [0.2, 0.25) is 0 Å². The monoisotopic (exact) mass is 267 g/mol. The quantitative estimate of drug-likeness (QED) is 0.711. The second-order valence-corrected chi connectivity index (χ2v) is 4.83. The molecule has 3 nitrogen and oxygen atoms in total. The van der Waals surface area contributed by atoms with Crippen molar-refractivity contribution in [3.63, 3.8) is 0 Å². The van der Waals surface area contributed by atoms with E-state index in [1.165, 1.54) is 12.1 Å². The van der Waals surface area contributed by atoms with Gasteiger partial charge in [-0.1, -0.05) is 18.2 Å². The van der Waals surface area contributed by atoms with Gasteiger partial charge in [0.15, 0.2) is 0 Å². The van der Waals surface area contributed by atoms with Crippen molar-refractivity contribution in [3.05, 3.63) is 54.6 Å². The number of rotatable bonds is 2. The Morgan fingerprint density at radius 3 is 2.30 bits per heavy atom. The van der Waals surface area contributed by atoms with E-state index in [0.29, 0.717) is 0 Å². The molecule has 2 aromatic carbocycles. The molecule has 0 atom stereocenters. The van der Waals surface area contributed by atoms with Gasteiger partial charge < -0.3 is 4.90 Å². The van der Waals surface area contributed by atoms with Crippen molar-refractivity contribution in [2.75, 3.05) is 19.0 Å². The molecule has 0 aliphatic carbocycles. The summed E-state index contributed by atoms with van der Waals surface area (Å²) in [6.45, 7) is 0. The number of benzene rings is 2. The molecule has 0 N–H and O–H groups in total. The minimum Gasteiger partial charge on any atom is -0.362 e. The molecule has 0 bridgehead atoms. The second-order valence-electron chi connectivity index (χ2n) is 4.83. The molecule has 0 fully saturated rings. The zero-order chi connectivity index (χ0) is 14.1. The summed E-state index contributed by atoms with van der Waals surface area (Å²) in [7, 11) is 3.90. The lowest BCUT2D eigenvalue weighted by Crippen LogP contribution is -2.11. The smallest absolute Gasteiger partial charge is 0.139 e. The van der Waals surface area contributed by atoms with E-state index in [1.807, 2.05) is 37.2 Å². The highest BCUT2D eigenvalue weighted by atomic mass is 19.1. The minimum absolute atomic E-state index is 0.230. The molecule has 0 aliphatic rings. The molecule has 20 heavy (non-hydrogen) atoms. The molecular formula is C16H14FN3. The summed E-state index contributed by atoms with van der Waals surface area (Å²) >= 11 is 0. The molecule has 0 aliphatic heterocycles. The van der Waals surface area contributed by atoms with Gasteiger partial charge in [0.25, 0.3) is 0 Å². The minimum atomic E-state index is -0.230. The predicted molar refractivity (Wildman–Crippen MR) is 79.3 cm³/mol. The summed E-state index contributed by atoms with van der Waals surface area (Å²) in [6, 6.07) is 12.5. The average Bonchev–Trinajstić information content (AvgIpc) is 2.46. The second kappa shape index (κ2) is 4.89. The van der Waals surface area contributed by atoms with Crippen LogP contribution in [0.2, 0.25) is 0 Å². The van der Waals surface area contributed by atoms with E-state index in [1.54, 1.807) is 18.5 Å². The lowest BCUT2D eigenvalue weighted by atomic mass is 10.0. The lowest BCUT2D eigenvalue weighted by molar-refractivity contribution is 0.628. The van der Waals surface area contributed by atoms with Gasteiger partial charge in [-0.25, -0.2) is 14.4 Å². The number of nitrogens with zero attached hydrogens (tertiary/aromatic N) is 3. The third kappa shape index (κ3) is 2.20. The predicted octanol–water partition coefficient (Wildman–Crippen LogP) is 3.50. The fourth-order valence-electron chi connectivity index (χ4n) is 2.22. The van der Waals surface area contributed by atoms with E-state index in [4.69, 9.17) is 0 Å². The first-order valence-electron chi connectivity index (χ1n) is 6.33. The zero-order valence-corrected chi connectivity index (χ0v) is 11.3. The van der Waals surface area contributed by atoms with Gasteiger partial charge in [0, 0.05) is 19.5 Å². The van der Waals surface area contributed by atoms with Gasteiger partial charge in [0.05, 0.1) is 5.52 Å². The van der Waals surface area contributed by atoms with Crippen LogP contribution in [0.25, 0.3) is 22.0 Å². The molecule has 0 saturated carbocycles. The third-order valence-corrected chi connectivity index (χ3v) is 3.22. The maximum atomic E-state index is 13.0. The van der Waals surface area contributed by atoms with Crippen LogP contribution in [0.3, 0.4) is 0 Å². The summed E-state index contributed by atoms with van der Waals surface area (Å²) in [5.74, 6) is 0.644. The van der Waals surface area contributed by atoms with E-state index in [9.17, 15) is 4.39 Å². The molecule has 0 unspecified atom stereocenters. The van der Waals surface area contributed by atoms with Gasteiger partial charge in [-0.15, -0.1) is 0 Å². The zero-order valence-electron chi connectivity index (χ0n) is 11.3. The van der Waals surface area contributed by atoms with Crippen molar-refractivity contribution in [3.8, 4) is 11.1 Å². The largest absolute Gasteiger partial charge is 0.362 e. The number of aromatic nitrogens is 2. The van der Waals surface area contributed by atoms with Crippen LogP contribution < -0.4 is 4.90 Å². The first-order chi connectivity index (χ1) is 9.65. The lowest BCUT2D eigenvalue weighted by Gasteiger charge is -2.14. The van der Waals surface area contributed by atoms with E-state index >= 15 is 0 Å². The highest BCUT2D eigenvalue weighted by Gasteiger charge is 2.07. The molecule has 0 radical (unpaired) electrons. The van der Waals surface area contributed by atoms with Gasteiger partial charge in [0.1, 0.15) is 18.0 Å². The first kappa shape index (κ1) is 12.5. The van der Waals surface area contributed by atoms with Gasteiger partial charge in [-0.2, -0.15) is 0 Å². The standard InChI is InChI=1S/C16H14FN3/c1-20(2)16-14-9-12(5-8-15(14)18-10-19-16)11-3-6-13(17)7-4-11/h3-10H,1-2H3. The summed E-state index contributed by atoms with van der Waals surface area (Å²) in [5.41, 5.74) is 2.90. The summed E-state index contributed by atoms with van der Waals surface area (Å²) in [6.07, 6.45) is 1.56. The highest BCUT2D eigenvalue weighted by molar-refractivity contribution is 5.92. The van der Waals surface area contributed by atoms with Crippen LogP contribution in [0.4, 0.5) is 10.2 Å². The number of anilines is 1. The SMILES string of the molecule is CN(C)c1ncnc2ccc(-c3ccc(F)cc3)cc12. The Hall–Kier alpha value is -2.49. The van der Waals surface area contributed by atoms with Crippen molar-refractivity contribution < 1.29 is 4.39 Å². The molecule has 1 aromatic heterocycles. The molecule has 1 heterocycles. The third-order valence-electron chi connectivity index (χ3n) is 3.22. The van der Waals surface area contributed by atoms with Gasteiger partial charge >= 0.3 is 0 Å². The molecule has 0 saturated heterocycles. The molecule has 0 amide bonds. The Kier molecular flexibility index (Phi) is 3.06. The van der Waals surface area contributed by atoms with Crippen LogP contribution in [0, 0.1) is 5.82 Å². The van der Waals surface area contributed by atoms with Crippen LogP contribution in [0.15, 0.2) is 48.8 Å². The Balaban J connectivity index is 2.19. The number of hydrogen-bond donors (Lipinski definition) is 0. The first-order valence-corrected chi connectivity index (χ1v) is 6.33. The Labute approximate surface area is 116 Å². The van der Waals surface area contributed by atoms with Crippen molar-refractivity contribution in [1.82, 2.24) is 9.97 Å². The number of fused-ring (bicyclic) bond motifs is 1. The molecular weight excluding hydrogens is 253 g/mol. The molecule has 3 rings (SSSR count). The molecule has 100 valence electrons. The van der Waals surface area contributed by atoms with Gasteiger partial charge in [-0.3, -0.25) is 0 Å². The van der Waals surface area contributed by atoms with E-state index in [0.717, 1.165) is 27.8 Å². The molecule has 3 aromatic rings. The van der Waals surface area contributed by atoms with E-state index in [-0.39, 0.29) is 5.82 Å². The molecule has 4 heteroatoms. The van der Waals surface area contributed by atoms with Crippen molar-refractivity contribution in [1.29, 1.82) is 0 Å². The maximum Gasteiger partial charge on any atom is 0.139 e. The maximum absolute atomic E-state index is 13.0. The van der Waals surface area contributed by atoms with Crippen molar-refractivity contribution in [2.24, 2.45) is 0 Å². The molecule has 0 spiro atoms. The highest BCUT2D eigenvalue weighted by Crippen LogP contribution is 2.27. The summed E-state index contributed by atoms with van der Waals surface area (Å²) in [4.78, 5) is 10.5. The van der Waals surface area contributed by atoms with Crippen LogP contribution >= 0.6 is 0 Å². The Bertz CT molecular complexity index is 751. The van der Waals surface area contributed by atoms with Crippen molar-refractivity contribution >= 4 is 16.7 Å². The van der Waals surface area contributed by atoms with Crippen LogP contribution in [0.1, 0.15) is 0 Å². The van der Waals surface area contributed by atoms with E-state index in [2.05, 4.69) is 9.97 Å². The Morgan fingerprint density at radius 2 is 1.60 bits per heavy atom. The van der Waals surface area contributed by atoms with Crippen LogP contribution in [0.5, 0.6) is 0 Å². The number of hydrogen-bond acceptors (Lipinski definition) is 3. The Morgan fingerprint density at radius 1 is 0.900 bits per heavy atom. The van der Waals surface area contributed by atoms with Crippen molar-refractivity contribution in [2.45, 2.75) is 0 Å². The van der Waals surface area contributed by atoms with Gasteiger partial charge in [-0.05, 0) is 35.4 Å². The van der Waals surface area contributed by atoms with Crippen LogP contribution in [-0.2, 0) is 0 Å². The topological polar surface area (TPSA) is 29.0 Å². The normalized spacial score (nSPS) is 10.8. The fraction of sp³-hybridized carbons (Fsp3) is 0.125.